The van der Waals surface area contributed by atoms with Crippen molar-refractivity contribution >= 4 is 23.3 Å². The summed E-state index contributed by atoms with van der Waals surface area (Å²) in [5, 5.41) is 12.1. The van der Waals surface area contributed by atoms with Crippen LogP contribution in [0.3, 0.4) is 0 Å². The molecule has 3 N–H and O–H groups in total. The van der Waals surface area contributed by atoms with Gasteiger partial charge in [-0.05, 0) is 24.3 Å². The molecule has 0 spiro atoms. The Morgan fingerprint density at radius 1 is 1.44 bits per heavy atom. The fourth-order valence-electron chi connectivity index (χ4n) is 1.88. The minimum absolute atomic E-state index is 0.171. The third-order valence-corrected chi connectivity index (χ3v) is 3.58. The van der Waals surface area contributed by atoms with Crippen LogP contribution in [0, 0.1) is 0 Å². The zero-order valence-corrected chi connectivity index (χ0v) is 12.0. The number of anilines is 1. The van der Waals surface area contributed by atoms with Gasteiger partial charge in [-0.2, -0.15) is 0 Å². The normalized spacial score (nSPS) is 11.6. The Morgan fingerprint density at radius 2 is 2.17 bits per heavy atom. The average Bonchev–Trinajstić information content (AvgIpc) is 2.38. The van der Waals surface area contributed by atoms with Gasteiger partial charge >= 0.3 is 0 Å². The molecule has 0 aliphatic rings. The Balaban J connectivity index is 3.27. The molecule has 0 atom stereocenters. The maximum absolute atomic E-state index is 8.95. The van der Waals surface area contributed by atoms with Crippen LogP contribution in [0.1, 0.15) is 25.8 Å². The molecule has 1 rings (SSSR count). The van der Waals surface area contributed by atoms with Gasteiger partial charge in [-0.3, -0.25) is 0 Å². The number of hydrogen-bond acceptors (Lipinski definition) is 4. The molecule has 1 aromatic rings. The first-order valence-corrected chi connectivity index (χ1v) is 7.09. The summed E-state index contributed by atoms with van der Waals surface area (Å²) in [5.74, 6) is 1.12. The number of nitrogens with two attached hydrogens (primary N) is 1. The van der Waals surface area contributed by atoms with Crippen molar-refractivity contribution in [1.29, 1.82) is 0 Å². The quantitative estimate of drug-likeness (QED) is 0.273. The third-order valence-electron chi connectivity index (χ3n) is 2.64. The van der Waals surface area contributed by atoms with Crippen molar-refractivity contribution in [1.82, 2.24) is 0 Å². The number of amidine groups is 1. The zero-order chi connectivity index (χ0) is 13.5. The third kappa shape index (κ3) is 3.32. The van der Waals surface area contributed by atoms with E-state index in [1.54, 1.807) is 11.8 Å². The maximum atomic E-state index is 8.95. The lowest BCUT2D eigenvalue weighted by Crippen LogP contribution is -2.24. The lowest BCUT2D eigenvalue weighted by Gasteiger charge is -2.23. The molecule has 5 heteroatoms. The molecule has 0 radical (unpaired) electrons. The molecule has 0 aliphatic heterocycles. The van der Waals surface area contributed by atoms with Gasteiger partial charge in [0.1, 0.15) is 0 Å². The first kappa shape index (κ1) is 14.7. The zero-order valence-electron chi connectivity index (χ0n) is 11.2. The largest absolute Gasteiger partial charge is 0.409 e. The van der Waals surface area contributed by atoms with Crippen molar-refractivity contribution < 1.29 is 5.21 Å². The van der Waals surface area contributed by atoms with Gasteiger partial charge in [0.05, 0.1) is 5.56 Å². The number of thioether (sulfide) groups is 1. The molecule has 1 aromatic carbocycles. The minimum Gasteiger partial charge on any atom is -0.409 e. The van der Waals surface area contributed by atoms with Crippen LogP contribution in [-0.4, -0.2) is 30.4 Å². The fourth-order valence-corrected chi connectivity index (χ4v) is 2.72. The van der Waals surface area contributed by atoms with E-state index in [4.69, 9.17) is 10.9 Å². The molecule has 0 aromatic heterocycles. The number of benzene rings is 1. The van der Waals surface area contributed by atoms with Gasteiger partial charge in [0, 0.05) is 24.2 Å². The number of nitrogens with zero attached hydrogens (tertiary/aromatic N) is 2. The molecule has 0 aliphatic carbocycles. The monoisotopic (exact) mass is 267 g/mol. The maximum Gasteiger partial charge on any atom is 0.173 e. The van der Waals surface area contributed by atoms with Gasteiger partial charge < -0.3 is 15.8 Å². The van der Waals surface area contributed by atoms with Crippen molar-refractivity contribution in [3.05, 3.63) is 23.8 Å². The number of oxime groups is 1. The van der Waals surface area contributed by atoms with Gasteiger partial charge in [0.2, 0.25) is 0 Å². The Hall–Kier alpha value is -1.36. The lowest BCUT2D eigenvalue weighted by molar-refractivity contribution is 0.318. The average molecular weight is 267 g/mol. The summed E-state index contributed by atoms with van der Waals surface area (Å²) in [5.41, 5.74) is 7.65. The highest BCUT2D eigenvalue weighted by atomic mass is 32.2. The van der Waals surface area contributed by atoms with E-state index in [0.717, 1.165) is 34.9 Å². The second kappa shape index (κ2) is 7.16. The highest BCUT2D eigenvalue weighted by Gasteiger charge is 2.15. The van der Waals surface area contributed by atoms with Crippen molar-refractivity contribution in [2.24, 2.45) is 10.9 Å². The molecule has 4 nitrogen and oxygen atoms in total. The van der Waals surface area contributed by atoms with Crippen molar-refractivity contribution in [2.45, 2.75) is 25.2 Å². The van der Waals surface area contributed by atoms with Crippen molar-refractivity contribution in [3.8, 4) is 0 Å². The highest BCUT2D eigenvalue weighted by Crippen LogP contribution is 2.30. The van der Waals surface area contributed by atoms with E-state index >= 15 is 0 Å². The minimum atomic E-state index is 0.171. The van der Waals surface area contributed by atoms with E-state index in [-0.39, 0.29) is 5.84 Å². The summed E-state index contributed by atoms with van der Waals surface area (Å²) in [7, 11) is 2.02. The summed E-state index contributed by atoms with van der Waals surface area (Å²) in [6.45, 7) is 5.15. The predicted molar refractivity (Wildman–Crippen MR) is 78.9 cm³/mol. The van der Waals surface area contributed by atoms with Crippen LogP contribution < -0.4 is 10.6 Å². The Bertz CT molecular complexity index is 421. The van der Waals surface area contributed by atoms with Gasteiger partial charge in [-0.1, -0.05) is 25.1 Å². The van der Waals surface area contributed by atoms with E-state index in [0.29, 0.717) is 0 Å². The standard InChI is InChI=1S/C13H21N3OS/c1-4-9-16(3)10-7-6-8-11(18-5-2)12(10)13(14)15-17/h6-8,17H,4-5,9H2,1-3H3,(H2,14,15). The second-order valence-corrected chi connectivity index (χ2v) is 5.30. The van der Waals surface area contributed by atoms with Gasteiger partial charge in [0.15, 0.2) is 5.84 Å². The smallest absolute Gasteiger partial charge is 0.173 e. The number of hydrogen-bond donors (Lipinski definition) is 2. The van der Waals surface area contributed by atoms with Crippen molar-refractivity contribution in [3.63, 3.8) is 0 Å². The summed E-state index contributed by atoms with van der Waals surface area (Å²) in [6, 6.07) is 6.02. The molecular formula is C13H21N3OS. The first-order valence-electron chi connectivity index (χ1n) is 6.10. The SMILES string of the molecule is CCCN(C)c1cccc(SCC)c1/C(N)=N/O. The van der Waals surface area contributed by atoms with E-state index in [1.165, 1.54) is 0 Å². The van der Waals surface area contributed by atoms with Crippen LogP contribution in [0.2, 0.25) is 0 Å². The molecule has 100 valence electrons. The van der Waals surface area contributed by atoms with Gasteiger partial charge in [-0.15, -0.1) is 11.8 Å². The van der Waals surface area contributed by atoms with Crippen LogP contribution in [-0.2, 0) is 0 Å². The van der Waals surface area contributed by atoms with Crippen molar-refractivity contribution in [2.75, 3.05) is 24.2 Å². The molecular weight excluding hydrogens is 246 g/mol. The molecule has 0 bridgehead atoms. The van der Waals surface area contributed by atoms with Gasteiger partial charge in [0.25, 0.3) is 0 Å². The molecule has 0 fully saturated rings. The predicted octanol–water partition coefficient (Wildman–Crippen LogP) is 2.74. The lowest BCUT2D eigenvalue weighted by atomic mass is 10.1. The summed E-state index contributed by atoms with van der Waals surface area (Å²) in [4.78, 5) is 3.18. The van der Waals surface area contributed by atoms with Crippen LogP contribution >= 0.6 is 11.8 Å². The molecule has 0 saturated heterocycles. The van der Waals surface area contributed by atoms with Crippen LogP contribution in [0.5, 0.6) is 0 Å². The molecule has 0 unspecified atom stereocenters. The van der Waals surface area contributed by atoms with E-state index in [9.17, 15) is 0 Å². The molecule has 0 heterocycles. The van der Waals surface area contributed by atoms with Crippen LogP contribution in [0.15, 0.2) is 28.3 Å². The van der Waals surface area contributed by atoms with E-state index in [2.05, 4.69) is 23.9 Å². The van der Waals surface area contributed by atoms with Crippen LogP contribution in [0.4, 0.5) is 5.69 Å². The first-order chi connectivity index (χ1) is 8.65. The van der Waals surface area contributed by atoms with Crippen LogP contribution in [0.25, 0.3) is 0 Å². The topological polar surface area (TPSA) is 61.8 Å². The summed E-state index contributed by atoms with van der Waals surface area (Å²) >= 11 is 1.70. The second-order valence-electron chi connectivity index (χ2n) is 3.99. The Labute approximate surface area is 113 Å². The van der Waals surface area contributed by atoms with Gasteiger partial charge in [-0.25, -0.2) is 0 Å². The molecule has 0 amide bonds. The Kier molecular flexibility index (Phi) is 5.85. The molecule has 18 heavy (non-hydrogen) atoms. The number of rotatable bonds is 6. The highest BCUT2D eigenvalue weighted by molar-refractivity contribution is 7.99. The van der Waals surface area contributed by atoms with E-state index < -0.39 is 0 Å². The summed E-state index contributed by atoms with van der Waals surface area (Å²) in [6.07, 6.45) is 1.05. The molecule has 0 saturated carbocycles. The summed E-state index contributed by atoms with van der Waals surface area (Å²) < 4.78 is 0. The van der Waals surface area contributed by atoms with E-state index in [1.807, 2.05) is 25.2 Å². The Morgan fingerprint density at radius 3 is 2.72 bits per heavy atom. The fraction of sp³-hybridized carbons (Fsp3) is 0.462.